The molecule has 0 unspecified atom stereocenters. The number of hydrogen-bond donors (Lipinski definition) is 1. The zero-order chi connectivity index (χ0) is 13.9. The monoisotopic (exact) mass is 279 g/mol. The summed E-state index contributed by atoms with van der Waals surface area (Å²) in [4.78, 5) is 0.0468. The fourth-order valence-corrected chi connectivity index (χ4v) is 2.01. The van der Waals surface area contributed by atoms with Gasteiger partial charge < -0.3 is 9.47 Å². The van der Waals surface area contributed by atoms with Gasteiger partial charge in [-0.3, -0.25) is 0 Å². The maximum absolute atomic E-state index is 11.1. The van der Waals surface area contributed by atoms with Crippen LogP contribution in [0.1, 0.15) is 0 Å². The van der Waals surface area contributed by atoms with E-state index in [0.717, 1.165) is 0 Å². The third kappa shape index (κ3) is 3.46. The Morgan fingerprint density at radius 1 is 0.947 bits per heavy atom. The van der Waals surface area contributed by atoms with Crippen molar-refractivity contribution in [3.63, 3.8) is 0 Å². The molecule has 0 aromatic heterocycles. The molecule has 0 saturated heterocycles. The van der Waals surface area contributed by atoms with Crippen molar-refractivity contribution in [2.24, 2.45) is 5.14 Å². The van der Waals surface area contributed by atoms with Crippen molar-refractivity contribution in [3.05, 3.63) is 48.5 Å². The van der Waals surface area contributed by atoms with Crippen LogP contribution in [0.3, 0.4) is 0 Å². The molecule has 0 radical (unpaired) electrons. The number of ether oxygens (including phenoxy) is 2. The summed E-state index contributed by atoms with van der Waals surface area (Å²) in [5.41, 5.74) is 0. The van der Waals surface area contributed by atoms with E-state index in [9.17, 15) is 8.42 Å². The maximum Gasteiger partial charge on any atom is 0.238 e. The van der Waals surface area contributed by atoms with Gasteiger partial charge in [0.15, 0.2) is 0 Å². The first-order valence-corrected chi connectivity index (χ1v) is 6.98. The van der Waals surface area contributed by atoms with Crippen LogP contribution in [0.4, 0.5) is 0 Å². The lowest BCUT2D eigenvalue weighted by atomic mass is 10.3. The van der Waals surface area contributed by atoms with Gasteiger partial charge in [-0.1, -0.05) is 6.07 Å². The molecule has 2 aromatic carbocycles. The molecule has 6 heteroatoms. The standard InChI is InChI=1S/C13H13NO4S/c1-17-11-3-2-4-12(9-11)18-10-5-7-13(8-6-10)19(14,15)16/h2-9H,1H3,(H2,14,15,16). The minimum Gasteiger partial charge on any atom is -0.497 e. The topological polar surface area (TPSA) is 78.6 Å². The van der Waals surface area contributed by atoms with Crippen LogP contribution < -0.4 is 14.6 Å². The number of methoxy groups -OCH3 is 1. The van der Waals surface area contributed by atoms with Crippen LogP contribution in [0.2, 0.25) is 0 Å². The molecule has 5 nitrogen and oxygen atoms in total. The fourth-order valence-electron chi connectivity index (χ4n) is 1.50. The van der Waals surface area contributed by atoms with Gasteiger partial charge in [0, 0.05) is 6.07 Å². The number of sulfonamides is 1. The van der Waals surface area contributed by atoms with Gasteiger partial charge in [0.1, 0.15) is 17.2 Å². The van der Waals surface area contributed by atoms with Crippen molar-refractivity contribution in [2.45, 2.75) is 4.90 Å². The number of nitrogens with two attached hydrogens (primary N) is 1. The van der Waals surface area contributed by atoms with Gasteiger partial charge >= 0.3 is 0 Å². The minimum absolute atomic E-state index is 0.0468. The Bertz CT molecular complexity index is 665. The molecule has 2 aromatic rings. The quantitative estimate of drug-likeness (QED) is 0.930. The molecule has 0 aliphatic rings. The smallest absolute Gasteiger partial charge is 0.238 e. The predicted octanol–water partition coefficient (Wildman–Crippen LogP) is 2.13. The van der Waals surface area contributed by atoms with E-state index in [1.807, 2.05) is 0 Å². The van der Waals surface area contributed by atoms with Crippen LogP contribution in [0, 0.1) is 0 Å². The van der Waals surface area contributed by atoms with Gasteiger partial charge in [0.05, 0.1) is 12.0 Å². The lowest BCUT2D eigenvalue weighted by Gasteiger charge is -2.07. The molecule has 0 bridgehead atoms. The highest BCUT2D eigenvalue weighted by Gasteiger charge is 2.07. The van der Waals surface area contributed by atoms with Crippen LogP contribution in [0.25, 0.3) is 0 Å². The van der Waals surface area contributed by atoms with Crippen LogP contribution >= 0.6 is 0 Å². The first-order chi connectivity index (χ1) is 8.99. The number of rotatable bonds is 4. The summed E-state index contributed by atoms with van der Waals surface area (Å²) in [5.74, 6) is 1.79. The Balaban J connectivity index is 2.19. The van der Waals surface area contributed by atoms with Crippen molar-refractivity contribution in [1.82, 2.24) is 0 Å². The molecule has 0 spiro atoms. The second-order valence-corrected chi connectivity index (χ2v) is 5.36. The molecular weight excluding hydrogens is 266 g/mol. The van der Waals surface area contributed by atoms with Crippen molar-refractivity contribution in [3.8, 4) is 17.2 Å². The average molecular weight is 279 g/mol. The third-order valence-electron chi connectivity index (χ3n) is 2.43. The van der Waals surface area contributed by atoms with Crippen molar-refractivity contribution in [2.75, 3.05) is 7.11 Å². The van der Waals surface area contributed by atoms with Crippen molar-refractivity contribution < 1.29 is 17.9 Å². The molecule has 0 fully saturated rings. The van der Waals surface area contributed by atoms with Gasteiger partial charge in [0.2, 0.25) is 10.0 Å². The molecule has 100 valence electrons. The molecule has 0 atom stereocenters. The van der Waals surface area contributed by atoms with E-state index < -0.39 is 10.0 Å². The van der Waals surface area contributed by atoms with Crippen LogP contribution in [0.15, 0.2) is 53.4 Å². The highest BCUT2D eigenvalue weighted by Crippen LogP contribution is 2.25. The Morgan fingerprint density at radius 3 is 2.16 bits per heavy atom. The van der Waals surface area contributed by atoms with E-state index in [4.69, 9.17) is 14.6 Å². The first kappa shape index (κ1) is 13.4. The molecule has 0 aliphatic carbocycles. The van der Waals surface area contributed by atoms with E-state index in [2.05, 4.69) is 0 Å². The summed E-state index contributed by atoms with van der Waals surface area (Å²) in [6.07, 6.45) is 0. The van der Waals surface area contributed by atoms with Gasteiger partial charge in [-0.15, -0.1) is 0 Å². The highest BCUT2D eigenvalue weighted by molar-refractivity contribution is 7.89. The van der Waals surface area contributed by atoms with Crippen molar-refractivity contribution in [1.29, 1.82) is 0 Å². The van der Waals surface area contributed by atoms with Gasteiger partial charge in [-0.05, 0) is 36.4 Å². The summed E-state index contributed by atoms with van der Waals surface area (Å²) in [6.45, 7) is 0. The van der Waals surface area contributed by atoms with Gasteiger partial charge in [-0.2, -0.15) is 0 Å². The third-order valence-corrected chi connectivity index (χ3v) is 3.36. The van der Waals surface area contributed by atoms with E-state index in [0.29, 0.717) is 17.2 Å². The maximum atomic E-state index is 11.1. The first-order valence-electron chi connectivity index (χ1n) is 5.44. The number of primary sulfonamides is 1. The predicted molar refractivity (Wildman–Crippen MR) is 70.9 cm³/mol. The second-order valence-electron chi connectivity index (χ2n) is 3.80. The minimum atomic E-state index is -3.68. The molecule has 19 heavy (non-hydrogen) atoms. The average Bonchev–Trinajstić information content (AvgIpc) is 2.38. The largest absolute Gasteiger partial charge is 0.497 e. The SMILES string of the molecule is COc1cccc(Oc2ccc(S(N)(=O)=O)cc2)c1. The Morgan fingerprint density at radius 2 is 1.58 bits per heavy atom. The molecule has 0 aliphatic heterocycles. The van der Waals surface area contributed by atoms with Crippen molar-refractivity contribution >= 4 is 10.0 Å². The zero-order valence-corrected chi connectivity index (χ0v) is 11.1. The summed E-state index contributed by atoms with van der Waals surface area (Å²) in [5, 5.41) is 5.01. The van der Waals surface area contributed by atoms with Crippen LogP contribution in [-0.4, -0.2) is 15.5 Å². The fraction of sp³-hybridized carbons (Fsp3) is 0.0769. The summed E-state index contributed by atoms with van der Waals surface area (Å²) < 4.78 is 32.9. The normalized spacial score (nSPS) is 11.1. The Kier molecular flexibility index (Phi) is 3.73. The molecule has 0 amide bonds. The molecule has 2 N–H and O–H groups in total. The Hall–Kier alpha value is -2.05. The lowest BCUT2D eigenvalue weighted by Crippen LogP contribution is -2.11. The number of benzene rings is 2. The highest BCUT2D eigenvalue weighted by atomic mass is 32.2. The summed E-state index contributed by atoms with van der Waals surface area (Å²) >= 11 is 0. The van der Waals surface area contributed by atoms with E-state index in [1.54, 1.807) is 43.5 Å². The van der Waals surface area contributed by atoms with Gasteiger partial charge in [-0.25, -0.2) is 13.6 Å². The molecule has 0 heterocycles. The summed E-state index contributed by atoms with van der Waals surface area (Å²) in [6, 6.07) is 13.0. The van der Waals surface area contributed by atoms with E-state index in [1.165, 1.54) is 12.1 Å². The zero-order valence-electron chi connectivity index (χ0n) is 10.2. The molecule has 0 saturated carbocycles. The van der Waals surface area contributed by atoms with E-state index >= 15 is 0 Å². The Labute approximate surface area is 111 Å². The lowest BCUT2D eigenvalue weighted by molar-refractivity contribution is 0.409. The van der Waals surface area contributed by atoms with Gasteiger partial charge in [0.25, 0.3) is 0 Å². The molecule has 2 rings (SSSR count). The number of hydrogen-bond acceptors (Lipinski definition) is 4. The second kappa shape index (κ2) is 5.29. The van der Waals surface area contributed by atoms with Crippen LogP contribution in [0.5, 0.6) is 17.2 Å². The van der Waals surface area contributed by atoms with E-state index in [-0.39, 0.29) is 4.90 Å². The molecular formula is C13H13NO4S. The van der Waals surface area contributed by atoms with Crippen LogP contribution in [-0.2, 0) is 10.0 Å². The summed E-state index contributed by atoms with van der Waals surface area (Å²) in [7, 11) is -2.11.